The van der Waals surface area contributed by atoms with Crippen LogP contribution in [0.5, 0.6) is 0 Å². The number of carbonyl (C=O) groups is 3. The van der Waals surface area contributed by atoms with E-state index in [0.29, 0.717) is 0 Å². The average Bonchev–Trinajstić information content (AvgIpc) is 2.59. The highest BCUT2D eigenvalue weighted by atomic mass is 33.1. The minimum atomic E-state index is -1.14. The van der Waals surface area contributed by atoms with E-state index in [-0.39, 0.29) is 23.8 Å². The molecule has 0 aromatic heterocycles. The third-order valence-corrected chi connectivity index (χ3v) is 5.17. The summed E-state index contributed by atoms with van der Waals surface area (Å²) < 4.78 is 0. The van der Waals surface area contributed by atoms with Gasteiger partial charge in [-0.1, -0.05) is 65.8 Å². The standard InChI is InChI=1S/C14H18N2O5S2.C2H6/c15-10(13(18)19)7-22-23-8-11(14(20)21)16-12(17)6-9-4-2-1-3-5-9;1-2/h1-5,10-11H,6-8,15H2,(H,16,17)(H,18,19)(H,20,21);1-2H3. The molecular weight excluding hydrogens is 364 g/mol. The summed E-state index contributed by atoms with van der Waals surface area (Å²) in [6, 6.07) is 6.97. The van der Waals surface area contributed by atoms with Crippen molar-refractivity contribution in [2.45, 2.75) is 32.4 Å². The minimum Gasteiger partial charge on any atom is -0.480 e. The molecule has 0 heterocycles. The maximum absolute atomic E-state index is 11.9. The van der Waals surface area contributed by atoms with Crippen LogP contribution in [0.2, 0.25) is 0 Å². The van der Waals surface area contributed by atoms with E-state index in [1.807, 2.05) is 19.9 Å². The van der Waals surface area contributed by atoms with Gasteiger partial charge in [-0.25, -0.2) is 4.79 Å². The summed E-state index contributed by atoms with van der Waals surface area (Å²) in [7, 11) is 2.32. The molecule has 0 aliphatic heterocycles. The summed E-state index contributed by atoms with van der Waals surface area (Å²) in [5.41, 5.74) is 6.14. The molecule has 0 aliphatic carbocycles. The summed E-state index contributed by atoms with van der Waals surface area (Å²) in [5, 5.41) is 20.2. The summed E-state index contributed by atoms with van der Waals surface area (Å²) >= 11 is 0. The number of hydrogen-bond donors (Lipinski definition) is 4. The van der Waals surface area contributed by atoms with Crippen molar-refractivity contribution in [2.75, 3.05) is 11.5 Å². The summed E-state index contributed by atoms with van der Waals surface area (Å²) in [6.07, 6.45) is 0.103. The molecule has 1 amide bonds. The zero-order chi connectivity index (χ0) is 19.2. The first-order valence-corrected chi connectivity index (χ1v) is 10.2. The van der Waals surface area contributed by atoms with Gasteiger partial charge in [-0.3, -0.25) is 9.59 Å². The molecule has 1 aromatic rings. The number of aliphatic carboxylic acids is 2. The first kappa shape index (κ1) is 23.3. The van der Waals surface area contributed by atoms with Crippen LogP contribution in [0.25, 0.3) is 0 Å². The molecule has 7 nitrogen and oxygen atoms in total. The van der Waals surface area contributed by atoms with Crippen molar-refractivity contribution in [2.24, 2.45) is 5.73 Å². The van der Waals surface area contributed by atoms with Crippen molar-refractivity contribution in [3.05, 3.63) is 35.9 Å². The molecule has 0 radical (unpaired) electrons. The van der Waals surface area contributed by atoms with Crippen molar-refractivity contribution >= 4 is 39.4 Å². The van der Waals surface area contributed by atoms with Gasteiger partial charge >= 0.3 is 11.9 Å². The van der Waals surface area contributed by atoms with Crippen LogP contribution in [0.3, 0.4) is 0 Å². The number of carboxylic acids is 2. The van der Waals surface area contributed by atoms with E-state index >= 15 is 0 Å². The fraction of sp³-hybridized carbons (Fsp3) is 0.438. The van der Waals surface area contributed by atoms with E-state index in [2.05, 4.69) is 5.32 Å². The topological polar surface area (TPSA) is 130 Å². The van der Waals surface area contributed by atoms with Crippen LogP contribution < -0.4 is 11.1 Å². The fourth-order valence-electron chi connectivity index (χ4n) is 1.51. The first-order valence-electron chi connectivity index (χ1n) is 7.69. The third-order valence-electron chi connectivity index (χ3n) is 2.72. The van der Waals surface area contributed by atoms with E-state index in [4.69, 9.17) is 15.9 Å². The summed E-state index contributed by atoms with van der Waals surface area (Å²) in [5.74, 6) is -2.35. The van der Waals surface area contributed by atoms with Crippen molar-refractivity contribution in [3.8, 4) is 0 Å². The van der Waals surface area contributed by atoms with Gasteiger partial charge in [0.05, 0.1) is 6.42 Å². The molecule has 25 heavy (non-hydrogen) atoms. The zero-order valence-corrected chi connectivity index (χ0v) is 15.8. The van der Waals surface area contributed by atoms with Crippen LogP contribution in [-0.4, -0.2) is 51.6 Å². The molecule has 1 aromatic carbocycles. The molecule has 0 spiro atoms. The highest BCUT2D eigenvalue weighted by Gasteiger charge is 2.20. The molecule has 0 fully saturated rings. The van der Waals surface area contributed by atoms with Crippen molar-refractivity contribution < 1.29 is 24.6 Å². The molecule has 140 valence electrons. The second kappa shape index (κ2) is 13.6. The van der Waals surface area contributed by atoms with Gasteiger partial charge in [0.25, 0.3) is 0 Å². The SMILES string of the molecule is CC.NC(CSSCC(NC(=O)Cc1ccccc1)C(=O)O)C(=O)O. The van der Waals surface area contributed by atoms with Crippen LogP contribution >= 0.6 is 21.6 Å². The lowest BCUT2D eigenvalue weighted by molar-refractivity contribution is -0.141. The Kier molecular flexibility index (Phi) is 12.6. The highest BCUT2D eigenvalue weighted by molar-refractivity contribution is 8.76. The van der Waals surface area contributed by atoms with Gasteiger partial charge in [-0.15, -0.1) is 0 Å². The van der Waals surface area contributed by atoms with E-state index < -0.39 is 24.0 Å². The Morgan fingerprint density at radius 2 is 1.60 bits per heavy atom. The predicted molar refractivity (Wildman–Crippen MR) is 102 cm³/mol. The molecule has 0 saturated carbocycles. The number of hydrogen-bond acceptors (Lipinski definition) is 6. The molecule has 2 unspecified atom stereocenters. The van der Waals surface area contributed by atoms with E-state index in [1.54, 1.807) is 24.3 Å². The number of carboxylic acid groups (broad SMARTS) is 2. The average molecular weight is 389 g/mol. The molecule has 1 rings (SSSR count). The normalized spacial score (nSPS) is 12.3. The van der Waals surface area contributed by atoms with Gasteiger partial charge in [0, 0.05) is 11.5 Å². The quantitative estimate of drug-likeness (QED) is 0.351. The Morgan fingerprint density at radius 1 is 1.04 bits per heavy atom. The Bertz CT molecular complexity index is 543. The lowest BCUT2D eigenvalue weighted by Crippen LogP contribution is -2.43. The highest BCUT2D eigenvalue weighted by Crippen LogP contribution is 2.22. The van der Waals surface area contributed by atoms with Gasteiger partial charge in [-0.05, 0) is 5.56 Å². The molecule has 0 aliphatic rings. The van der Waals surface area contributed by atoms with Crippen LogP contribution in [0.1, 0.15) is 19.4 Å². The van der Waals surface area contributed by atoms with E-state index in [1.165, 1.54) is 0 Å². The summed E-state index contributed by atoms with van der Waals surface area (Å²) in [6.45, 7) is 4.00. The Hall–Kier alpha value is -1.71. The van der Waals surface area contributed by atoms with Crippen LogP contribution in [0, 0.1) is 0 Å². The summed E-state index contributed by atoms with van der Waals surface area (Å²) in [4.78, 5) is 33.6. The monoisotopic (exact) mass is 388 g/mol. The van der Waals surface area contributed by atoms with Gasteiger partial charge in [0.15, 0.2) is 0 Å². The molecule has 0 saturated heterocycles. The lowest BCUT2D eigenvalue weighted by Gasteiger charge is -2.14. The van der Waals surface area contributed by atoms with Gasteiger partial charge in [0.2, 0.25) is 5.91 Å². The first-order chi connectivity index (χ1) is 11.9. The molecular formula is C16H24N2O5S2. The number of carbonyl (C=O) groups excluding carboxylic acids is 1. The maximum atomic E-state index is 11.9. The van der Waals surface area contributed by atoms with E-state index in [9.17, 15) is 14.4 Å². The number of benzene rings is 1. The number of amides is 1. The molecule has 9 heteroatoms. The zero-order valence-electron chi connectivity index (χ0n) is 14.2. The fourth-order valence-corrected chi connectivity index (χ4v) is 3.78. The second-order valence-corrected chi connectivity index (χ2v) is 7.19. The maximum Gasteiger partial charge on any atom is 0.327 e. The minimum absolute atomic E-state index is 0.103. The van der Waals surface area contributed by atoms with Crippen LogP contribution in [-0.2, 0) is 20.8 Å². The Labute approximate surface area is 155 Å². The van der Waals surface area contributed by atoms with Crippen LogP contribution in [0.15, 0.2) is 30.3 Å². The van der Waals surface area contributed by atoms with Crippen molar-refractivity contribution in [1.82, 2.24) is 5.32 Å². The number of nitrogens with two attached hydrogens (primary N) is 1. The van der Waals surface area contributed by atoms with Crippen molar-refractivity contribution in [1.29, 1.82) is 0 Å². The number of nitrogens with one attached hydrogen (secondary N) is 1. The largest absolute Gasteiger partial charge is 0.480 e. The van der Waals surface area contributed by atoms with Crippen molar-refractivity contribution in [3.63, 3.8) is 0 Å². The molecule has 2 atom stereocenters. The Morgan fingerprint density at radius 3 is 2.12 bits per heavy atom. The lowest BCUT2D eigenvalue weighted by atomic mass is 10.1. The van der Waals surface area contributed by atoms with Gasteiger partial charge in [0.1, 0.15) is 12.1 Å². The molecule has 0 bridgehead atoms. The van der Waals surface area contributed by atoms with Gasteiger partial charge < -0.3 is 21.3 Å². The molecule has 5 N–H and O–H groups in total. The Balaban J connectivity index is 0.00000277. The van der Waals surface area contributed by atoms with E-state index in [0.717, 1.165) is 27.2 Å². The van der Waals surface area contributed by atoms with Crippen LogP contribution in [0.4, 0.5) is 0 Å². The predicted octanol–water partition coefficient (Wildman–Crippen LogP) is 1.62. The second-order valence-electron chi connectivity index (χ2n) is 4.63. The smallest absolute Gasteiger partial charge is 0.327 e. The third kappa shape index (κ3) is 10.7. The number of rotatable bonds is 10. The van der Waals surface area contributed by atoms with Gasteiger partial charge in [-0.2, -0.15) is 0 Å².